The third-order valence-corrected chi connectivity index (χ3v) is 4.04. The van der Waals surface area contributed by atoms with Crippen LogP contribution in [0.4, 0.5) is 5.82 Å². The lowest BCUT2D eigenvalue weighted by Crippen LogP contribution is -2.35. The number of anilines is 1. The van der Waals surface area contributed by atoms with Crippen molar-refractivity contribution < 1.29 is 4.79 Å². The summed E-state index contributed by atoms with van der Waals surface area (Å²) in [6, 6.07) is 9.78. The number of carbonyl (C=O) groups is 1. The Morgan fingerprint density at radius 2 is 2.18 bits per heavy atom. The molecule has 0 saturated carbocycles. The van der Waals surface area contributed by atoms with Gasteiger partial charge in [0.2, 0.25) is 5.91 Å². The minimum Gasteiger partial charge on any atom is -0.310 e. The normalized spacial score (nSPS) is 20.6. The standard InChI is InChI=1S/C16H17N5O/c1-16(7-8-20(10-16)11-17)15(22)19-14-9-21(12-18-14)13-5-3-2-4-6-13/h2-6,9,12H,7-8,10H2,1H3,(H,19,22)/t16-/m0/s1. The molecule has 1 aromatic carbocycles. The number of para-hydroxylation sites is 1. The number of likely N-dealkylation sites (tertiary alicyclic amines) is 1. The van der Waals surface area contributed by atoms with Gasteiger partial charge in [-0.25, -0.2) is 4.98 Å². The number of hydrogen-bond donors (Lipinski definition) is 1. The number of nitrogens with one attached hydrogen (secondary N) is 1. The summed E-state index contributed by atoms with van der Waals surface area (Å²) < 4.78 is 1.86. The van der Waals surface area contributed by atoms with Crippen molar-refractivity contribution in [3.8, 4) is 11.9 Å². The quantitative estimate of drug-likeness (QED) is 0.879. The van der Waals surface area contributed by atoms with Crippen LogP contribution in [0, 0.1) is 16.9 Å². The highest BCUT2D eigenvalue weighted by Crippen LogP contribution is 2.30. The van der Waals surface area contributed by atoms with Crippen LogP contribution in [0.25, 0.3) is 5.69 Å². The van der Waals surface area contributed by atoms with Crippen LogP contribution in [0.5, 0.6) is 0 Å². The molecular formula is C16H17N5O. The van der Waals surface area contributed by atoms with Crippen LogP contribution in [0.2, 0.25) is 0 Å². The molecular weight excluding hydrogens is 278 g/mol. The molecule has 2 aromatic rings. The Morgan fingerprint density at radius 1 is 1.41 bits per heavy atom. The van der Waals surface area contributed by atoms with Crippen molar-refractivity contribution >= 4 is 11.7 Å². The third-order valence-electron chi connectivity index (χ3n) is 4.04. The first-order chi connectivity index (χ1) is 10.6. The maximum absolute atomic E-state index is 12.4. The van der Waals surface area contributed by atoms with Crippen molar-refractivity contribution in [1.29, 1.82) is 5.26 Å². The zero-order valence-corrected chi connectivity index (χ0v) is 12.4. The van der Waals surface area contributed by atoms with Crippen molar-refractivity contribution in [2.24, 2.45) is 5.41 Å². The van der Waals surface area contributed by atoms with Crippen LogP contribution in [0.1, 0.15) is 13.3 Å². The second-order valence-corrected chi connectivity index (χ2v) is 5.79. The van der Waals surface area contributed by atoms with Crippen LogP contribution < -0.4 is 5.32 Å². The summed E-state index contributed by atoms with van der Waals surface area (Å²) in [4.78, 5) is 18.3. The van der Waals surface area contributed by atoms with Gasteiger partial charge in [-0.15, -0.1) is 0 Å². The summed E-state index contributed by atoms with van der Waals surface area (Å²) in [5.74, 6) is 0.425. The van der Waals surface area contributed by atoms with E-state index in [4.69, 9.17) is 5.26 Å². The van der Waals surface area contributed by atoms with Crippen LogP contribution >= 0.6 is 0 Å². The number of benzene rings is 1. The molecule has 6 heteroatoms. The van der Waals surface area contributed by atoms with E-state index in [0.29, 0.717) is 25.3 Å². The monoisotopic (exact) mass is 295 g/mol. The fourth-order valence-corrected chi connectivity index (χ4v) is 2.63. The molecule has 2 heterocycles. The zero-order chi connectivity index (χ0) is 15.6. The van der Waals surface area contributed by atoms with Crippen molar-refractivity contribution in [2.75, 3.05) is 18.4 Å². The van der Waals surface area contributed by atoms with Crippen LogP contribution in [0.15, 0.2) is 42.9 Å². The number of hydrogen-bond acceptors (Lipinski definition) is 4. The molecule has 0 unspecified atom stereocenters. The molecule has 3 rings (SSSR count). The first-order valence-electron chi connectivity index (χ1n) is 7.16. The molecule has 112 valence electrons. The van der Waals surface area contributed by atoms with Gasteiger partial charge in [0.25, 0.3) is 0 Å². The SMILES string of the molecule is C[C@]1(C(=O)Nc2cn(-c3ccccc3)cn2)CCN(C#N)C1. The van der Waals surface area contributed by atoms with Crippen LogP contribution in [-0.2, 0) is 4.79 Å². The predicted molar refractivity (Wildman–Crippen MR) is 82.1 cm³/mol. The minimum atomic E-state index is -0.549. The molecule has 0 bridgehead atoms. The highest BCUT2D eigenvalue weighted by molar-refractivity contribution is 5.94. The van der Waals surface area contributed by atoms with E-state index in [1.54, 1.807) is 17.4 Å². The number of nitrogens with zero attached hydrogens (tertiary/aromatic N) is 4. The average Bonchev–Trinajstić information content (AvgIpc) is 3.16. The molecule has 1 fully saturated rings. The first-order valence-corrected chi connectivity index (χ1v) is 7.16. The van der Waals surface area contributed by atoms with Gasteiger partial charge in [-0.1, -0.05) is 18.2 Å². The molecule has 22 heavy (non-hydrogen) atoms. The van der Waals surface area contributed by atoms with Gasteiger partial charge in [0.15, 0.2) is 12.0 Å². The summed E-state index contributed by atoms with van der Waals surface area (Å²) in [5.41, 5.74) is 0.435. The van der Waals surface area contributed by atoms with E-state index < -0.39 is 5.41 Å². The van der Waals surface area contributed by atoms with Crippen LogP contribution in [-0.4, -0.2) is 33.4 Å². The number of nitriles is 1. The number of amides is 1. The lowest BCUT2D eigenvalue weighted by Gasteiger charge is -2.21. The van der Waals surface area contributed by atoms with Gasteiger partial charge in [-0.05, 0) is 25.5 Å². The molecule has 1 saturated heterocycles. The van der Waals surface area contributed by atoms with Gasteiger partial charge in [0, 0.05) is 18.8 Å². The molecule has 1 N–H and O–H groups in total. The Hall–Kier alpha value is -2.81. The summed E-state index contributed by atoms with van der Waals surface area (Å²) in [5, 5.41) is 11.8. The highest BCUT2D eigenvalue weighted by atomic mass is 16.2. The van der Waals surface area contributed by atoms with E-state index >= 15 is 0 Å². The number of imidazole rings is 1. The minimum absolute atomic E-state index is 0.0939. The van der Waals surface area contributed by atoms with E-state index in [1.165, 1.54) is 0 Å². The van der Waals surface area contributed by atoms with E-state index in [-0.39, 0.29) is 5.91 Å². The fourth-order valence-electron chi connectivity index (χ4n) is 2.63. The molecule has 1 aromatic heterocycles. The Labute approximate surface area is 129 Å². The van der Waals surface area contributed by atoms with Crippen molar-refractivity contribution in [1.82, 2.24) is 14.5 Å². The van der Waals surface area contributed by atoms with Crippen molar-refractivity contribution in [3.05, 3.63) is 42.9 Å². The highest BCUT2D eigenvalue weighted by Gasteiger charge is 2.40. The third kappa shape index (κ3) is 2.66. The molecule has 1 atom stereocenters. The molecule has 0 aliphatic carbocycles. The predicted octanol–water partition coefficient (Wildman–Crippen LogP) is 2.00. The molecule has 6 nitrogen and oxygen atoms in total. The molecule has 1 amide bonds. The largest absolute Gasteiger partial charge is 0.310 e. The number of carbonyl (C=O) groups excluding carboxylic acids is 1. The van der Waals surface area contributed by atoms with Crippen molar-refractivity contribution in [3.63, 3.8) is 0 Å². The Morgan fingerprint density at radius 3 is 2.86 bits per heavy atom. The van der Waals surface area contributed by atoms with E-state index in [2.05, 4.69) is 16.5 Å². The smallest absolute Gasteiger partial charge is 0.233 e. The van der Waals surface area contributed by atoms with E-state index in [0.717, 1.165) is 5.69 Å². The average molecular weight is 295 g/mol. The summed E-state index contributed by atoms with van der Waals surface area (Å²) >= 11 is 0. The second kappa shape index (κ2) is 5.53. The van der Waals surface area contributed by atoms with Gasteiger partial charge >= 0.3 is 0 Å². The Bertz CT molecular complexity index is 718. The van der Waals surface area contributed by atoms with Gasteiger partial charge in [-0.2, -0.15) is 5.26 Å². The second-order valence-electron chi connectivity index (χ2n) is 5.79. The Kier molecular flexibility index (Phi) is 3.55. The summed E-state index contributed by atoms with van der Waals surface area (Å²) in [6.45, 7) is 2.96. The number of rotatable bonds is 3. The lowest BCUT2D eigenvalue weighted by molar-refractivity contribution is -0.124. The van der Waals surface area contributed by atoms with Crippen LogP contribution in [0.3, 0.4) is 0 Å². The lowest BCUT2D eigenvalue weighted by atomic mass is 9.89. The maximum Gasteiger partial charge on any atom is 0.233 e. The molecule has 0 spiro atoms. The summed E-state index contributed by atoms with van der Waals surface area (Å²) in [6.07, 6.45) is 6.22. The van der Waals surface area contributed by atoms with Gasteiger partial charge in [0.1, 0.15) is 6.33 Å². The zero-order valence-electron chi connectivity index (χ0n) is 12.4. The molecule has 1 aliphatic heterocycles. The molecule has 1 aliphatic rings. The summed E-state index contributed by atoms with van der Waals surface area (Å²) in [7, 11) is 0. The fraction of sp³-hybridized carbons (Fsp3) is 0.312. The van der Waals surface area contributed by atoms with Gasteiger partial charge in [-0.3, -0.25) is 4.79 Å². The van der Waals surface area contributed by atoms with E-state index in [9.17, 15) is 4.79 Å². The van der Waals surface area contributed by atoms with Gasteiger partial charge < -0.3 is 14.8 Å². The van der Waals surface area contributed by atoms with Gasteiger partial charge in [0.05, 0.1) is 11.6 Å². The molecule has 0 radical (unpaired) electrons. The van der Waals surface area contributed by atoms with Crippen molar-refractivity contribution in [2.45, 2.75) is 13.3 Å². The topological polar surface area (TPSA) is 74.0 Å². The number of aromatic nitrogens is 2. The first kappa shape index (κ1) is 14.1. The maximum atomic E-state index is 12.4. The van der Waals surface area contributed by atoms with E-state index in [1.807, 2.05) is 41.8 Å². The Balaban J connectivity index is 1.71.